The maximum absolute atomic E-state index is 12.5. The molecule has 0 bridgehead atoms. The summed E-state index contributed by atoms with van der Waals surface area (Å²) < 4.78 is 16.9. The van der Waals surface area contributed by atoms with Crippen LogP contribution in [-0.4, -0.2) is 30.6 Å². The van der Waals surface area contributed by atoms with Crippen LogP contribution in [0.3, 0.4) is 0 Å². The normalized spacial score (nSPS) is 10.7. The Bertz CT molecular complexity index is 1450. The minimum Gasteiger partial charge on any atom is -0.490 e. The molecule has 0 spiro atoms. The van der Waals surface area contributed by atoms with Gasteiger partial charge in [-0.05, 0) is 91.3 Å². The van der Waals surface area contributed by atoms with E-state index in [0.29, 0.717) is 34.7 Å². The van der Waals surface area contributed by atoms with Crippen molar-refractivity contribution in [2.45, 2.75) is 6.92 Å². The fourth-order valence-electron chi connectivity index (χ4n) is 3.24. The van der Waals surface area contributed by atoms with Crippen LogP contribution in [-0.2, 0) is 0 Å². The molecule has 2 amide bonds. The lowest BCUT2D eigenvalue weighted by molar-refractivity contribution is 0.0694. The number of nitrogens with one attached hydrogen (secondary N) is 2. The molecule has 0 saturated carbocycles. The fourth-order valence-corrected chi connectivity index (χ4v) is 3.51. The third-order valence-corrected chi connectivity index (χ3v) is 5.61. The Morgan fingerprint density at radius 2 is 1.63 bits per heavy atom. The standard InChI is InChI=1S/C28H22BrN3O6/c1-2-36-25-16-18(5-14-23(25)38-28(35)24-4-3-15-37-24)17-30-32-27(34)20-8-12-22(13-9-20)31-26(33)19-6-10-21(29)11-7-19/h3-17H,2H2,1H3,(H,31,33)(H,32,34)/b30-17-. The number of ether oxygens (including phenoxy) is 2. The molecule has 1 aromatic heterocycles. The SMILES string of the molecule is CCOc1cc(/C=N\NC(=O)c2ccc(NC(=O)c3ccc(Br)cc3)cc2)ccc1OC(=O)c1ccco1. The molecule has 10 heteroatoms. The van der Waals surface area contributed by atoms with Crippen molar-refractivity contribution in [3.05, 3.63) is 112 Å². The Morgan fingerprint density at radius 3 is 2.32 bits per heavy atom. The second-order valence-corrected chi connectivity index (χ2v) is 8.66. The monoisotopic (exact) mass is 575 g/mol. The Labute approximate surface area is 226 Å². The van der Waals surface area contributed by atoms with Crippen LogP contribution in [0, 0.1) is 0 Å². The molecule has 192 valence electrons. The van der Waals surface area contributed by atoms with Gasteiger partial charge in [0.2, 0.25) is 5.76 Å². The number of furan rings is 1. The van der Waals surface area contributed by atoms with Crippen LogP contribution >= 0.6 is 15.9 Å². The zero-order valence-electron chi connectivity index (χ0n) is 20.1. The molecule has 0 fully saturated rings. The van der Waals surface area contributed by atoms with E-state index in [-0.39, 0.29) is 17.4 Å². The van der Waals surface area contributed by atoms with Crippen molar-refractivity contribution in [3.8, 4) is 11.5 Å². The molecule has 0 saturated heterocycles. The van der Waals surface area contributed by atoms with E-state index in [2.05, 4.69) is 31.8 Å². The Balaban J connectivity index is 1.35. The highest BCUT2D eigenvalue weighted by Gasteiger charge is 2.15. The second-order valence-electron chi connectivity index (χ2n) is 7.74. The second kappa shape index (κ2) is 12.5. The molecular weight excluding hydrogens is 554 g/mol. The third-order valence-electron chi connectivity index (χ3n) is 5.08. The summed E-state index contributed by atoms with van der Waals surface area (Å²) in [6.07, 6.45) is 2.82. The van der Waals surface area contributed by atoms with E-state index >= 15 is 0 Å². The quantitative estimate of drug-likeness (QED) is 0.115. The molecule has 38 heavy (non-hydrogen) atoms. The van der Waals surface area contributed by atoms with Crippen molar-refractivity contribution in [3.63, 3.8) is 0 Å². The van der Waals surface area contributed by atoms with Crippen molar-refractivity contribution in [1.29, 1.82) is 0 Å². The average molecular weight is 576 g/mol. The summed E-state index contributed by atoms with van der Waals surface area (Å²) in [5.41, 5.74) is 4.49. The number of hydrazone groups is 1. The van der Waals surface area contributed by atoms with Gasteiger partial charge in [0.25, 0.3) is 11.8 Å². The summed E-state index contributed by atoms with van der Waals surface area (Å²) in [7, 11) is 0. The lowest BCUT2D eigenvalue weighted by Gasteiger charge is -2.10. The number of benzene rings is 3. The van der Waals surface area contributed by atoms with Gasteiger partial charge in [0.05, 0.1) is 19.1 Å². The van der Waals surface area contributed by atoms with E-state index in [1.807, 2.05) is 0 Å². The molecule has 2 N–H and O–H groups in total. The fraction of sp³-hybridized carbons (Fsp3) is 0.0714. The predicted octanol–water partition coefficient (Wildman–Crippen LogP) is 5.68. The lowest BCUT2D eigenvalue weighted by Crippen LogP contribution is -2.18. The Hall–Kier alpha value is -4.70. The molecule has 3 aromatic carbocycles. The first-order valence-electron chi connectivity index (χ1n) is 11.5. The number of carbonyl (C=O) groups excluding carboxylic acids is 3. The molecule has 4 rings (SSSR count). The maximum atomic E-state index is 12.5. The largest absolute Gasteiger partial charge is 0.490 e. The molecule has 1 heterocycles. The van der Waals surface area contributed by atoms with Crippen LogP contribution in [0.2, 0.25) is 0 Å². The molecule has 9 nitrogen and oxygen atoms in total. The third kappa shape index (κ3) is 6.95. The van der Waals surface area contributed by atoms with Gasteiger partial charge in [-0.3, -0.25) is 9.59 Å². The van der Waals surface area contributed by atoms with Gasteiger partial charge in [-0.25, -0.2) is 10.2 Å². The van der Waals surface area contributed by atoms with Crippen LogP contribution in [0.25, 0.3) is 0 Å². The molecule has 0 aliphatic rings. The number of anilines is 1. The first-order valence-corrected chi connectivity index (χ1v) is 12.2. The van der Waals surface area contributed by atoms with E-state index in [1.54, 1.807) is 79.7 Å². The first kappa shape index (κ1) is 26.4. The zero-order valence-corrected chi connectivity index (χ0v) is 21.7. The maximum Gasteiger partial charge on any atom is 0.379 e. The van der Waals surface area contributed by atoms with E-state index in [4.69, 9.17) is 13.9 Å². The minimum absolute atomic E-state index is 0.0702. The summed E-state index contributed by atoms with van der Waals surface area (Å²) in [6.45, 7) is 2.15. The van der Waals surface area contributed by atoms with Crippen molar-refractivity contribution in [2.75, 3.05) is 11.9 Å². The van der Waals surface area contributed by atoms with Gasteiger partial charge in [0.1, 0.15) is 0 Å². The van der Waals surface area contributed by atoms with Gasteiger partial charge >= 0.3 is 5.97 Å². The van der Waals surface area contributed by atoms with Crippen LogP contribution in [0.15, 0.2) is 99.1 Å². The van der Waals surface area contributed by atoms with E-state index in [1.165, 1.54) is 18.5 Å². The van der Waals surface area contributed by atoms with E-state index < -0.39 is 11.9 Å². The van der Waals surface area contributed by atoms with Crippen LogP contribution in [0.5, 0.6) is 11.5 Å². The topological polar surface area (TPSA) is 119 Å². The molecule has 0 aliphatic carbocycles. The van der Waals surface area contributed by atoms with Crippen molar-refractivity contribution >= 4 is 45.6 Å². The van der Waals surface area contributed by atoms with E-state index in [0.717, 1.165) is 4.47 Å². The van der Waals surface area contributed by atoms with Crippen LogP contribution < -0.4 is 20.2 Å². The minimum atomic E-state index is -0.650. The number of carbonyl (C=O) groups is 3. The summed E-state index contributed by atoms with van der Waals surface area (Å²) in [5.74, 6) is -0.705. The number of rotatable bonds is 9. The highest BCUT2D eigenvalue weighted by Crippen LogP contribution is 2.29. The van der Waals surface area contributed by atoms with Gasteiger partial charge in [-0.2, -0.15) is 5.10 Å². The van der Waals surface area contributed by atoms with Crippen LogP contribution in [0.4, 0.5) is 5.69 Å². The molecule has 0 aliphatic heterocycles. The molecule has 4 aromatic rings. The summed E-state index contributed by atoms with van der Waals surface area (Å²) in [5, 5.41) is 6.78. The summed E-state index contributed by atoms with van der Waals surface area (Å²) >= 11 is 3.34. The summed E-state index contributed by atoms with van der Waals surface area (Å²) in [4.78, 5) is 37.0. The van der Waals surface area contributed by atoms with Crippen molar-refractivity contribution in [2.24, 2.45) is 5.10 Å². The Kier molecular flexibility index (Phi) is 8.68. The van der Waals surface area contributed by atoms with Gasteiger partial charge in [-0.1, -0.05) is 15.9 Å². The number of hydrogen-bond acceptors (Lipinski definition) is 7. The lowest BCUT2D eigenvalue weighted by atomic mass is 10.1. The summed E-state index contributed by atoms with van der Waals surface area (Å²) in [6, 6.07) is 21.3. The van der Waals surface area contributed by atoms with Gasteiger partial charge < -0.3 is 19.2 Å². The number of esters is 1. The predicted molar refractivity (Wildman–Crippen MR) is 145 cm³/mol. The van der Waals surface area contributed by atoms with Crippen molar-refractivity contribution < 1.29 is 28.3 Å². The molecular formula is C28H22BrN3O6. The first-order chi connectivity index (χ1) is 18.4. The zero-order chi connectivity index (χ0) is 26.9. The van der Waals surface area contributed by atoms with Gasteiger partial charge in [0, 0.05) is 21.3 Å². The smallest absolute Gasteiger partial charge is 0.379 e. The molecule has 0 atom stereocenters. The molecule has 0 unspecified atom stereocenters. The average Bonchev–Trinajstić information content (AvgIpc) is 3.46. The van der Waals surface area contributed by atoms with E-state index in [9.17, 15) is 14.4 Å². The molecule has 0 radical (unpaired) electrons. The van der Waals surface area contributed by atoms with Gasteiger partial charge in [-0.15, -0.1) is 0 Å². The highest BCUT2D eigenvalue weighted by atomic mass is 79.9. The number of amides is 2. The number of halogens is 1. The number of nitrogens with zero attached hydrogens (tertiary/aromatic N) is 1. The number of hydrogen-bond donors (Lipinski definition) is 2. The van der Waals surface area contributed by atoms with Gasteiger partial charge in [0.15, 0.2) is 11.5 Å². The van der Waals surface area contributed by atoms with Crippen LogP contribution in [0.1, 0.15) is 43.8 Å². The highest BCUT2D eigenvalue weighted by molar-refractivity contribution is 9.10. The van der Waals surface area contributed by atoms with Crippen molar-refractivity contribution in [1.82, 2.24) is 5.43 Å². The Morgan fingerprint density at radius 1 is 0.921 bits per heavy atom.